The average Bonchev–Trinajstić information content (AvgIpc) is 2.59. The van der Waals surface area contributed by atoms with Gasteiger partial charge in [0.05, 0.1) is 0 Å². The quantitative estimate of drug-likeness (QED) is 0.885. The van der Waals surface area contributed by atoms with Gasteiger partial charge in [-0.15, -0.1) is 0 Å². The van der Waals surface area contributed by atoms with Crippen molar-refractivity contribution >= 4 is 17.5 Å². The summed E-state index contributed by atoms with van der Waals surface area (Å²) in [5, 5.41) is 2.74. The predicted molar refractivity (Wildman–Crippen MR) is 92.6 cm³/mol. The molecule has 0 saturated carbocycles. The lowest BCUT2D eigenvalue weighted by Crippen LogP contribution is -2.37. The number of carbonyl (C=O) groups excluding carboxylic acids is 2. The number of benzene rings is 2. The molecule has 2 aromatic carbocycles. The van der Waals surface area contributed by atoms with E-state index in [1.54, 1.807) is 4.90 Å². The second kappa shape index (κ2) is 8.24. The van der Waals surface area contributed by atoms with E-state index >= 15 is 0 Å². The Bertz CT molecular complexity index is 696. The van der Waals surface area contributed by atoms with Crippen molar-refractivity contribution in [2.45, 2.75) is 20.3 Å². The average molecular weight is 328 g/mol. The zero-order valence-electron chi connectivity index (χ0n) is 13.9. The van der Waals surface area contributed by atoms with Crippen LogP contribution in [-0.4, -0.2) is 24.9 Å². The van der Waals surface area contributed by atoms with Crippen LogP contribution >= 0.6 is 0 Å². The summed E-state index contributed by atoms with van der Waals surface area (Å²) < 4.78 is 12.9. The maximum Gasteiger partial charge on any atom is 0.251 e. The summed E-state index contributed by atoms with van der Waals surface area (Å²) in [5.41, 5.74) is 2.39. The molecule has 4 nitrogen and oxygen atoms in total. The van der Waals surface area contributed by atoms with E-state index in [0.717, 1.165) is 12.1 Å². The van der Waals surface area contributed by atoms with Crippen molar-refractivity contribution in [1.82, 2.24) is 5.32 Å². The summed E-state index contributed by atoms with van der Waals surface area (Å²) >= 11 is 0. The number of rotatable bonds is 6. The van der Waals surface area contributed by atoms with E-state index in [1.807, 2.05) is 24.3 Å². The minimum absolute atomic E-state index is 0.0877. The van der Waals surface area contributed by atoms with Gasteiger partial charge in [-0.25, -0.2) is 4.39 Å². The van der Waals surface area contributed by atoms with Gasteiger partial charge in [0.25, 0.3) is 5.91 Å². The summed E-state index contributed by atoms with van der Waals surface area (Å²) in [7, 11) is 0. The topological polar surface area (TPSA) is 49.4 Å². The van der Waals surface area contributed by atoms with Crippen LogP contribution in [-0.2, 0) is 11.2 Å². The standard InChI is InChI=1S/C19H21FN2O2/c1-3-15-4-10-18(11-5-15)22(14(2)23)13-12-21-19(24)16-6-8-17(20)9-7-16/h4-11H,3,12-13H2,1-2H3,(H,21,24). The molecule has 0 radical (unpaired) electrons. The molecular formula is C19H21FN2O2. The number of aryl methyl sites for hydroxylation is 1. The van der Waals surface area contributed by atoms with E-state index in [4.69, 9.17) is 0 Å². The van der Waals surface area contributed by atoms with E-state index in [-0.39, 0.29) is 17.6 Å². The van der Waals surface area contributed by atoms with Gasteiger partial charge in [0, 0.05) is 31.3 Å². The highest BCUT2D eigenvalue weighted by Gasteiger charge is 2.12. The van der Waals surface area contributed by atoms with E-state index in [2.05, 4.69) is 12.2 Å². The maximum absolute atomic E-state index is 12.9. The summed E-state index contributed by atoms with van der Waals surface area (Å²) in [4.78, 5) is 25.5. The van der Waals surface area contributed by atoms with E-state index in [9.17, 15) is 14.0 Å². The van der Waals surface area contributed by atoms with Crippen molar-refractivity contribution in [1.29, 1.82) is 0 Å². The van der Waals surface area contributed by atoms with Gasteiger partial charge in [0.15, 0.2) is 0 Å². The van der Waals surface area contributed by atoms with Crippen LogP contribution < -0.4 is 10.2 Å². The third kappa shape index (κ3) is 4.65. The Kier molecular flexibility index (Phi) is 6.07. The lowest BCUT2D eigenvalue weighted by atomic mass is 10.1. The Labute approximate surface area is 141 Å². The first kappa shape index (κ1) is 17.7. The fraction of sp³-hybridized carbons (Fsp3) is 0.263. The number of hydrogen-bond acceptors (Lipinski definition) is 2. The minimum Gasteiger partial charge on any atom is -0.350 e. The fourth-order valence-corrected chi connectivity index (χ4v) is 2.36. The van der Waals surface area contributed by atoms with Crippen molar-refractivity contribution in [3.8, 4) is 0 Å². The van der Waals surface area contributed by atoms with E-state index in [1.165, 1.54) is 36.8 Å². The lowest BCUT2D eigenvalue weighted by molar-refractivity contribution is -0.116. The predicted octanol–water partition coefficient (Wildman–Crippen LogP) is 3.17. The summed E-state index contributed by atoms with van der Waals surface area (Å²) in [6.45, 7) is 4.25. The molecule has 2 rings (SSSR count). The molecule has 5 heteroatoms. The van der Waals surface area contributed by atoms with Crippen molar-refractivity contribution in [2.75, 3.05) is 18.0 Å². The number of amides is 2. The van der Waals surface area contributed by atoms with Crippen molar-refractivity contribution in [3.05, 3.63) is 65.5 Å². The molecule has 2 amide bonds. The molecule has 0 aliphatic rings. The van der Waals surface area contributed by atoms with Crippen LogP contribution in [0.3, 0.4) is 0 Å². The van der Waals surface area contributed by atoms with Gasteiger partial charge in [-0.2, -0.15) is 0 Å². The highest BCUT2D eigenvalue weighted by Crippen LogP contribution is 2.15. The van der Waals surface area contributed by atoms with Crippen LogP contribution in [0.4, 0.5) is 10.1 Å². The van der Waals surface area contributed by atoms with Crippen LogP contribution in [0.5, 0.6) is 0 Å². The van der Waals surface area contributed by atoms with Gasteiger partial charge in [0.1, 0.15) is 5.82 Å². The van der Waals surface area contributed by atoms with Gasteiger partial charge in [-0.05, 0) is 48.4 Å². The van der Waals surface area contributed by atoms with Gasteiger partial charge in [-0.1, -0.05) is 19.1 Å². The van der Waals surface area contributed by atoms with Crippen molar-refractivity contribution in [3.63, 3.8) is 0 Å². The Morgan fingerprint density at radius 1 is 1.04 bits per heavy atom. The Morgan fingerprint density at radius 3 is 2.21 bits per heavy atom. The molecule has 0 aromatic heterocycles. The Hall–Kier alpha value is -2.69. The number of halogens is 1. The zero-order valence-corrected chi connectivity index (χ0v) is 13.9. The third-order valence-corrected chi connectivity index (χ3v) is 3.76. The van der Waals surface area contributed by atoms with Crippen LogP contribution in [0.15, 0.2) is 48.5 Å². The maximum atomic E-state index is 12.9. The summed E-state index contributed by atoms with van der Waals surface area (Å²) in [5.74, 6) is -0.764. The Balaban J connectivity index is 1.95. The van der Waals surface area contributed by atoms with Crippen LogP contribution in [0.2, 0.25) is 0 Å². The zero-order chi connectivity index (χ0) is 17.5. The number of nitrogens with zero attached hydrogens (tertiary/aromatic N) is 1. The molecule has 0 heterocycles. The number of nitrogens with one attached hydrogen (secondary N) is 1. The van der Waals surface area contributed by atoms with Crippen LogP contribution in [0, 0.1) is 5.82 Å². The second-order valence-electron chi connectivity index (χ2n) is 5.45. The first-order valence-corrected chi connectivity index (χ1v) is 7.92. The molecule has 1 N–H and O–H groups in total. The van der Waals surface area contributed by atoms with E-state index < -0.39 is 0 Å². The molecule has 0 bridgehead atoms. The first-order valence-electron chi connectivity index (χ1n) is 7.92. The van der Waals surface area contributed by atoms with Crippen LogP contribution in [0.25, 0.3) is 0 Å². The van der Waals surface area contributed by atoms with Crippen molar-refractivity contribution in [2.24, 2.45) is 0 Å². The first-order chi connectivity index (χ1) is 11.5. The number of hydrogen-bond donors (Lipinski definition) is 1. The highest BCUT2D eigenvalue weighted by molar-refractivity contribution is 5.94. The highest BCUT2D eigenvalue weighted by atomic mass is 19.1. The number of carbonyl (C=O) groups is 2. The van der Waals surface area contributed by atoms with Gasteiger partial charge in [-0.3, -0.25) is 9.59 Å². The molecule has 0 spiro atoms. The molecule has 0 atom stereocenters. The Morgan fingerprint density at radius 2 is 1.67 bits per heavy atom. The van der Waals surface area contributed by atoms with Crippen LogP contribution in [0.1, 0.15) is 29.8 Å². The van der Waals surface area contributed by atoms with Gasteiger partial charge < -0.3 is 10.2 Å². The lowest BCUT2D eigenvalue weighted by Gasteiger charge is -2.21. The molecule has 2 aromatic rings. The number of anilines is 1. The molecule has 0 aliphatic carbocycles. The molecule has 0 aliphatic heterocycles. The van der Waals surface area contributed by atoms with Gasteiger partial charge >= 0.3 is 0 Å². The van der Waals surface area contributed by atoms with Crippen molar-refractivity contribution < 1.29 is 14.0 Å². The molecule has 0 unspecified atom stereocenters. The molecule has 0 fully saturated rings. The molecule has 24 heavy (non-hydrogen) atoms. The largest absolute Gasteiger partial charge is 0.350 e. The summed E-state index contributed by atoms with van der Waals surface area (Å²) in [6, 6.07) is 13.1. The molecular weight excluding hydrogens is 307 g/mol. The summed E-state index contributed by atoms with van der Waals surface area (Å²) in [6.07, 6.45) is 0.939. The third-order valence-electron chi connectivity index (χ3n) is 3.76. The fourth-order valence-electron chi connectivity index (χ4n) is 2.36. The van der Waals surface area contributed by atoms with E-state index in [0.29, 0.717) is 18.7 Å². The smallest absolute Gasteiger partial charge is 0.251 e. The minimum atomic E-state index is -0.384. The second-order valence-corrected chi connectivity index (χ2v) is 5.45. The normalized spacial score (nSPS) is 10.3. The molecule has 126 valence electrons. The van der Waals surface area contributed by atoms with Gasteiger partial charge in [0.2, 0.25) is 5.91 Å². The monoisotopic (exact) mass is 328 g/mol. The SMILES string of the molecule is CCc1ccc(N(CCNC(=O)c2ccc(F)cc2)C(C)=O)cc1. The molecule has 0 saturated heterocycles.